The first kappa shape index (κ1) is 23.4. The van der Waals surface area contributed by atoms with Crippen molar-refractivity contribution in [3.8, 4) is 34.5 Å². The van der Waals surface area contributed by atoms with Crippen LogP contribution in [0.25, 0.3) is 12.2 Å². The van der Waals surface area contributed by atoms with Crippen LogP contribution < -0.4 is 28.4 Å². The molecule has 2 aromatic rings. The molecule has 1 aliphatic carbocycles. The van der Waals surface area contributed by atoms with Gasteiger partial charge in [-0.05, 0) is 36.8 Å². The zero-order valence-corrected chi connectivity index (χ0v) is 19.6. The Bertz CT molecular complexity index is 899. The second kappa shape index (κ2) is 10.8. The van der Waals surface area contributed by atoms with E-state index < -0.39 is 0 Å². The van der Waals surface area contributed by atoms with Gasteiger partial charge in [0.1, 0.15) is 11.5 Å². The predicted molar refractivity (Wildman–Crippen MR) is 126 cm³/mol. The summed E-state index contributed by atoms with van der Waals surface area (Å²) in [4.78, 5) is 0. The minimum atomic E-state index is 0.454. The molecule has 0 saturated heterocycles. The van der Waals surface area contributed by atoms with Gasteiger partial charge >= 0.3 is 0 Å². The summed E-state index contributed by atoms with van der Waals surface area (Å²) in [5.74, 6) is 5.06. The molecule has 32 heavy (non-hydrogen) atoms. The summed E-state index contributed by atoms with van der Waals surface area (Å²) in [7, 11) is 9.81. The third-order valence-electron chi connectivity index (χ3n) is 5.90. The Labute approximate surface area is 190 Å². The van der Waals surface area contributed by atoms with Gasteiger partial charge in [-0.1, -0.05) is 24.3 Å². The Morgan fingerprint density at radius 2 is 0.812 bits per heavy atom. The number of hydrogen-bond acceptors (Lipinski definition) is 6. The second-order valence-electron chi connectivity index (χ2n) is 7.52. The summed E-state index contributed by atoms with van der Waals surface area (Å²) in [5.41, 5.74) is 1.92. The second-order valence-corrected chi connectivity index (χ2v) is 7.52. The van der Waals surface area contributed by atoms with E-state index in [0.717, 1.165) is 35.5 Å². The summed E-state index contributed by atoms with van der Waals surface area (Å²) in [6.45, 7) is 0. The zero-order valence-electron chi connectivity index (χ0n) is 19.6. The van der Waals surface area contributed by atoms with Crippen LogP contribution in [0.1, 0.15) is 24.0 Å². The van der Waals surface area contributed by atoms with Crippen molar-refractivity contribution in [2.45, 2.75) is 12.8 Å². The van der Waals surface area contributed by atoms with E-state index in [2.05, 4.69) is 24.3 Å². The third kappa shape index (κ3) is 4.96. The average molecular weight is 441 g/mol. The number of allylic oxidation sites excluding steroid dienone is 2. The van der Waals surface area contributed by atoms with E-state index in [1.807, 2.05) is 24.3 Å². The maximum atomic E-state index is 5.53. The van der Waals surface area contributed by atoms with Crippen LogP contribution in [0.3, 0.4) is 0 Å². The van der Waals surface area contributed by atoms with Crippen LogP contribution in [0.2, 0.25) is 0 Å². The van der Waals surface area contributed by atoms with Crippen LogP contribution in [0.4, 0.5) is 0 Å². The standard InChI is InChI=1S/C26H32O6/c1-27-21-15-25(31-5)23(29-3)13-19(21)11-9-17-7-8-18(17)10-12-20-14-24(30-4)26(32-6)16-22(20)28-2/h9-18H,7-8H2,1-6H3/b11-9+,12-10+/t17-,18+. The van der Waals surface area contributed by atoms with E-state index in [9.17, 15) is 0 Å². The smallest absolute Gasteiger partial charge is 0.164 e. The molecule has 0 spiro atoms. The van der Waals surface area contributed by atoms with Gasteiger partial charge in [-0.3, -0.25) is 0 Å². The molecule has 0 amide bonds. The van der Waals surface area contributed by atoms with Gasteiger partial charge in [-0.25, -0.2) is 0 Å². The molecule has 1 saturated carbocycles. The molecule has 0 N–H and O–H groups in total. The van der Waals surface area contributed by atoms with Crippen LogP contribution >= 0.6 is 0 Å². The van der Waals surface area contributed by atoms with Crippen molar-refractivity contribution in [3.05, 3.63) is 47.5 Å². The highest BCUT2D eigenvalue weighted by Gasteiger charge is 2.26. The average Bonchev–Trinajstić information content (AvgIpc) is 2.82. The van der Waals surface area contributed by atoms with Crippen molar-refractivity contribution in [2.24, 2.45) is 11.8 Å². The Morgan fingerprint density at radius 1 is 0.500 bits per heavy atom. The molecule has 0 bridgehead atoms. The van der Waals surface area contributed by atoms with Crippen molar-refractivity contribution in [1.82, 2.24) is 0 Å². The molecular formula is C26H32O6. The van der Waals surface area contributed by atoms with E-state index in [0.29, 0.717) is 34.8 Å². The van der Waals surface area contributed by atoms with Gasteiger partial charge in [0.15, 0.2) is 23.0 Å². The van der Waals surface area contributed by atoms with Crippen molar-refractivity contribution < 1.29 is 28.4 Å². The molecule has 0 heterocycles. The lowest BCUT2D eigenvalue weighted by Gasteiger charge is -2.32. The summed E-state index contributed by atoms with van der Waals surface area (Å²) < 4.78 is 32.7. The van der Waals surface area contributed by atoms with Crippen molar-refractivity contribution in [2.75, 3.05) is 42.7 Å². The first-order valence-electron chi connectivity index (χ1n) is 10.5. The molecule has 0 radical (unpaired) electrons. The molecule has 0 aliphatic heterocycles. The highest BCUT2D eigenvalue weighted by molar-refractivity contribution is 5.65. The maximum absolute atomic E-state index is 5.53. The molecule has 172 valence electrons. The molecule has 2 aromatic carbocycles. The van der Waals surface area contributed by atoms with Crippen molar-refractivity contribution in [1.29, 1.82) is 0 Å². The molecule has 1 fully saturated rings. The van der Waals surface area contributed by atoms with Gasteiger partial charge in [-0.2, -0.15) is 0 Å². The van der Waals surface area contributed by atoms with Gasteiger partial charge in [0.2, 0.25) is 0 Å². The Balaban J connectivity index is 1.77. The highest BCUT2D eigenvalue weighted by atomic mass is 16.5. The summed E-state index contributed by atoms with van der Waals surface area (Å²) in [6.07, 6.45) is 11.0. The molecule has 1 aliphatic rings. The lowest BCUT2D eigenvalue weighted by atomic mass is 9.73. The first-order chi connectivity index (χ1) is 15.6. The summed E-state index contributed by atoms with van der Waals surface area (Å²) >= 11 is 0. The monoisotopic (exact) mass is 440 g/mol. The summed E-state index contributed by atoms with van der Waals surface area (Å²) in [5, 5.41) is 0. The molecule has 6 nitrogen and oxygen atoms in total. The molecule has 6 heteroatoms. The lowest BCUT2D eigenvalue weighted by Crippen LogP contribution is -2.21. The Hall–Kier alpha value is -3.28. The molecule has 3 rings (SSSR count). The highest BCUT2D eigenvalue weighted by Crippen LogP contribution is 2.41. The first-order valence-corrected chi connectivity index (χ1v) is 10.5. The SMILES string of the molecule is COc1cc(OC)c(OC)cc1/C=C/[C@@H]1CC[C@@H]1/C=C/c1cc(OC)c(OC)cc1OC. The minimum absolute atomic E-state index is 0.454. The number of ether oxygens (including phenoxy) is 6. The van der Waals surface area contributed by atoms with E-state index in [4.69, 9.17) is 28.4 Å². The number of methoxy groups -OCH3 is 6. The quantitative estimate of drug-likeness (QED) is 0.487. The van der Waals surface area contributed by atoms with Gasteiger partial charge in [-0.15, -0.1) is 0 Å². The molecule has 0 aromatic heterocycles. The van der Waals surface area contributed by atoms with Gasteiger partial charge in [0, 0.05) is 23.3 Å². The van der Waals surface area contributed by atoms with E-state index >= 15 is 0 Å². The van der Waals surface area contributed by atoms with Gasteiger partial charge in [0.05, 0.1) is 42.7 Å². The van der Waals surface area contributed by atoms with Crippen LogP contribution in [0.15, 0.2) is 36.4 Å². The minimum Gasteiger partial charge on any atom is -0.496 e. The van der Waals surface area contributed by atoms with Gasteiger partial charge < -0.3 is 28.4 Å². The zero-order chi connectivity index (χ0) is 23.1. The van der Waals surface area contributed by atoms with Crippen LogP contribution in [-0.2, 0) is 0 Å². The van der Waals surface area contributed by atoms with Crippen LogP contribution in [-0.4, -0.2) is 42.7 Å². The molecular weight excluding hydrogens is 408 g/mol. The summed E-state index contributed by atoms with van der Waals surface area (Å²) in [6, 6.07) is 7.57. The van der Waals surface area contributed by atoms with Crippen molar-refractivity contribution >= 4 is 12.2 Å². The van der Waals surface area contributed by atoms with E-state index in [1.165, 1.54) is 0 Å². The number of benzene rings is 2. The maximum Gasteiger partial charge on any atom is 0.164 e. The fraction of sp³-hybridized carbons (Fsp3) is 0.385. The Kier molecular flexibility index (Phi) is 7.92. The largest absolute Gasteiger partial charge is 0.496 e. The normalized spacial score (nSPS) is 17.8. The fourth-order valence-electron chi connectivity index (χ4n) is 3.85. The molecule has 2 atom stereocenters. The van der Waals surface area contributed by atoms with Crippen LogP contribution in [0, 0.1) is 11.8 Å². The molecule has 0 unspecified atom stereocenters. The van der Waals surface area contributed by atoms with E-state index in [-0.39, 0.29) is 0 Å². The predicted octanol–water partition coefficient (Wildman–Crippen LogP) is 5.49. The fourth-order valence-corrected chi connectivity index (χ4v) is 3.85. The van der Waals surface area contributed by atoms with E-state index in [1.54, 1.807) is 42.7 Å². The third-order valence-corrected chi connectivity index (χ3v) is 5.90. The van der Waals surface area contributed by atoms with Crippen LogP contribution in [0.5, 0.6) is 34.5 Å². The number of rotatable bonds is 10. The Morgan fingerprint density at radius 3 is 1.09 bits per heavy atom. The lowest BCUT2D eigenvalue weighted by molar-refractivity contribution is 0.288. The topological polar surface area (TPSA) is 55.4 Å². The van der Waals surface area contributed by atoms with Crippen molar-refractivity contribution in [3.63, 3.8) is 0 Å². The number of hydrogen-bond donors (Lipinski definition) is 0. The van der Waals surface area contributed by atoms with Gasteiger partial charge in [0.25, 0.3) is 0 Å².